The van der Waals surface area contributed by atoms with Crippen LogP contribution in [0.15, 0.2) is 61.1 Å². The molecular formula is C23H25N5O2. The van der Waals surface area contributed by atoms with Gasteiger partial charge in [0.2, 0.25) is 11.8 Å². The van der Waals surface area contributed by atoms with Gasteiger partial charge < -0.3 is 15.6 Å². The van der Waals surface area contributed by atoms with Crippen molar-refractivity contribution in [2.75, 3.05) is 18.4 Å². The third kappa shape index (κ3) is 4.75. The number of hydrogen-bond donors (Lipinski definition) is 3. The van der Waals surface area contributed by atoms with Gasteiger partial charge >= 0.3 is 0 Å². The highest BCUT2D eigenvalue weighted by Crippen LogP contribution is 2.21. The number of carbonyl (C=O) groups excluding carboxylic acids is 2. The van der Waals surface area contributed by atoms with Crippen molar-refractivity contribution in [3.8, 4) is 11.3 Å². The van der Waals surface area contributed by atoms with E-state index in [0.717, 1.165) is 16.8 Å². The number of carbonyl (C=O) groups is 2. The maximum Gasteiger partial charge on any atom is 0.237 e. The SMILES string of the molecule is Cc1ccc(CN2CCNC(=O)C2CC(=O)Nc2cccc(-c3cnc[nH]3)c2)cc1. The Labute approximate surface area is 175 Å². The minimum Gasteiger partial charge on any atom is -0.353 e. The normalized spacial score (nSPS) is 16.8. The van der Waals surface area contributed by atoms with Crippen LogP contribution in [0.5, 0.6) is 0 Å². The second-order valence-electron chi connectivity index (χ2n) is 7.56. The van der Waals surface area contributed by atoms with Crippen molar-refractivity contribution in [3.63, 3.8) is 0 Å². The van der Waals surface area contributed by atoms with Crippen LogP contribution in [0.1, 0.15) is 17.5 Å². The molecule has 0 spiro atoms. The number of anilines is 1. The molecular weight excluding hydrogens is 378 g/mol. The van der Waals surface area contributed by atoms with Crippen LogP contribution in [-0.4, -0.2) is 45.8 Å². The van der Waals surface area contributed by atoms with Gasteiger partial charge in [0, 0.05) is 30.9 Å². The lowest BCUT2D eigenvalue weighted by Gasteiger charge is -2.34. The first-order chi connectivity index (χ1) is 14.6. The van der Waals surface area contributed by atoms with Crippen LogP contribution in [0.2, 0.25) is 0 Å². The van der Waals surface area contributed by atoms with E-state index in [4.69, 9.17) is 0 Å². The number of H-pyrrole nitrogens is 1. The van der Waals surface area contributed by atoms with Crippen LogP contribution >= 0.6 is 0 Å². The largest absolute Gasteiger partial charge is 0.353 e. The first-order valence-corrected chi connectivity index (χ1v) is 10.0. The van der Waals surface area contributed by atoms with Crippen molar-refractivity contribution >= 4 is 17.5 Å². The molecule has 2 amide bonds. The standard InChI is InChI=1S/C23H25N5O2/c1-16-5-7-17(8-6-16)14-28-10-9-25-23(30)21(28)12-22(29)27-19-4-2-3-18(11-19)20-13-24-15-26-20/h2-8,11,13,15,21H,9-10,12,14H2,1H3,(H,24,26)(H,25,30)(H,27,29). The number of nitrogens with zero attached hydrogens (tertiary/aromatic N) is 2. The van der Waals surface area contributed by atoms with Crippen molar-refractivity contribution in [3.05, 3.63) is 72.2 Å². The molecule has 0 saturated carbocycles. The van der Waals surface area contributed by atoms with E-state index in [9.17, 15) is 9.59 Å². The van der Waals surface area contributed by atoms with E-state index in [1.54, 1.807) is 12.5 Å². The summed E-state index contributed by atoms with van der Waals surface area (Å²) < 4.78 is 0. The lowest BCUT2D eigenvalue weighted by molar-refractivity contribution is -0.132. The van der Waals surface area contributed by atoms with Gasteiger partial charge in [-0.1, -0.05) is 42.0 Å². The highest BCUT2D eigenvalue weighted by atomic mass is 16.2. The summed E-state index contributed by atoms with van der Waals surface area (Å²) in [5, 5.41) is 5.81. The Balaban J connectivity index is 1.43. The number of imidazole rings is 1. The Hall–Kier alpha value is -3.45. The monoisotopic (exact) mass is 403 g/mol. The second-order valence-corrected chi connectivity index (χ2v) is 7.56. The number of aryl methyl sites for hydroxylation is 1. The molecule has 0 bridgehead atoms. The highest BCUT2D eigenvalue weighted by Gasteiger charge is 2.31. The summed E-state index contributed by atoms with van der Waals surface area (Å²) in [6, 6.07) is 15.3. The Morgan fingerprint density at radius 1 is 1.23 bits per heavy atom. The van der Waals surface area contributed by atoms with Crippen LogP contribution in [-0.2, 0) is 16.1 Å². The fourth-order valence-corrected chi connectivity index (χ4v) is 3.67. The number of piperazine rings is 1. The van der Waals surface area contributed by atoms with Gasteiger partial charge in [-0.05, 0) is 24.6 Å². The minimum absolute atomic E-state index is 0.102. The number of benzene rings is 2. The van der Waals surface area contributed by atoms with E-state index in [2.05, 4.69) is 49.8 Å². The number of nitrogens with one attached hydrogen (secondary N) is 3. The molecule has 1 aliphatic heterocycles. The number of amides is 2. The molecule has 30 heavy (non-hydrogen) atoms. The van der Waals surface area contributed by atoms with Gasteiger partial charge in [0.25, 0.3) is 0 Å². The Morgan fingerprint density at radius 3 is 2.83 bits per heavy atom. The molecule has 2 heterocycles. The quantitative estimate of drug-likeness (QED) is 0.590. The molecule has 3 N–H and O–H groups in total. The average molecular weight is 403 g/mol. The smallest absolute Gasteiger partial charge is 0.237 e. The van der Waals surface area contributed by atoms with E-state index in [1.165, 1.54) is 5.56 Å². The zero-order valence-electron chi connectivity index (χ0n) is 16.9. The molecule has 4 rings (SSSR count). The fourth-order valence-electron chi connectivity index (χ4n) is 3.67. The summed E-state index contributed by atoms with van der Waals surface area (Å²) in [5.41, 5.74) is 4.83. The van der Waals surface area contributed by atoms with Crippen molar-refractivity contribution in [2.24, 2.45) is 0 Å². The lowest BCUT2D eigenvalue weighted by atomic mass is 10.1. The summed E-state index contributed by atoms with van der Waals surface area (Å²) >= 11 is 0. The van der Waals surface area contributed by atoms with Gasteiger partial charge in [-0.3, -0.25) is 14.5 Å². The predicted molar refractivity (Wildman–Crippen MR) is 116 cm³/mol. The molecule has 1 aromatic heterocycles. The third-order valence-corrected chi connectivity index (χ3v) is 5.28. The molecule has 2 aromatic carbocycles. The number of aromatic nitrogens is 2. The highest BCUT2D eigenvalue weighted by molar-refractivity contribution is 5.96. The van der Waals surface area contributed by atoms with Gasteiger partial charge in [-0.2, -0.15) is 0 Å². The van der Waals surface area contributed by atoms with Crippen molar-refractivity contribution < 1.29 is 9.59 Å². The number of aromatic amines is 1. The fraction of sp³-hybridized carbons (Fsp3) is 0.261. The Morgan fingerprint density at radius 2 is 2.07 bits per heavy atom. The minimum atomic E-state index is -0.490. The summed E-state index contributed by atoms with van der Waals surface area (Å²) in [6.07, 6.45) is 3.45. The molecule has 1 atom stereocenters. The van der Waals surface area contributed by atoms with E-state index in [-0.39, 0.29) is 18.2 Å². The van der Waals surface area contributed by atoms with Crippen LogP contribution in [0.4, 0.5) is 5.69 Å². The van der Waals surface area contributed by atoms with Gasteiger partial charge in [0.15, 0.2) is 0 Å². The summed E-state index contributed by atoms with van der Waals surface area (Å²) in [5.74, 6) is -0.289. The average Bonchev–Trinajstić information content (AvgIpc) is 3.27. The molecule has 0 radical (unpaired) electrons. The van der Waals surface area contributed by atoms with E-state index in [0.29, 0.717) is 25.3 Å². The van der Waals surface area contributed by atoms with E-state index in [1.807, 2.05) is 31.2 Å². The maximum absolute atomic E-state index is 12.7. The van der Waals surface area contributed by atoms with Crippen LogP contribution in [0.25, 0.3) is 11.3 Å². The van der Waals surface area contributed by atoms with Gasteiger partial charge in [-0.15, -0.1) is 0 Å². The van der Waals surface area contributed by atoms with Gasteiger partial charge in [0.05, 0.1) is 30.7 Å². The molecule has 0 aliphatic carbocycles. The Kier molecular flexibility index (Phi) is 5.90. The molecule has 1 aliphatic rings. The molecule has 7 nitrogen and oxygen atoms in total. The van der Waals surface area contributed by atoms with Crippen molar-refractivity contribution in [2.45, 2.75) is 25.9 Å². The zero-order chi connectivity index (χ0) is 20.9. The molecule has 7 heteroatoms. The summed E-state index contributed by atoms with van der Waals surface area (Å²) in [6.45, 7) is 4.00. The first-order valence-electron chi connectivity index (χ1n) is 10.0. The summed E-state index contributed by atoms with van der Waals surface area (Å²) in [7, 11) is 0. The van der Waals surface area contributed by atoms with Crippen molar-refractivity contribution in [1.82, 2.24) is 20.2 Å². The predicted octanol–water partition coefficient (Wildman–Crippen LogP) is 2.71. The van der Waals surface area contributed by atoms with Gasteiger partial charge in [0.1, 0.15) is 0 Å². The van der Waals surface area contributed by atoms with Crippen LogP contribution in [0, 0.1) is 6.92 Å². The molecule has 154 valence electrons. The van der Waals surface area contributed by atoms with Crippen molar-refractivity contribution in [1.29, 1.82) is 0 Å². The maximum atomic E-state index is 12.7. The van der Waals surface area contributed by atoms with Crippen LogP contribution in [0.3, 0.4) is 0 Å². The summed E-state index contributed by atoms with van der Waals surface area (Å²) in [4.78, 5) is 34.4. The number of hydrogen-bond acceptors (Lipinski definition) is 4. The first kappa shape index (κ1) is 19.8. The Bertz CT molecular complexity index is 1010. The molecule has 1 unspecified atom stereocenters. The number of rotatable bonds is 6. The topological polar surface area (TPSA) is 90.1 Å². The molecule has 3 aromatic rings. The van der Waals surface area contributed by atoms with E-state index >= 15 is 0 Å². The second kappa shape index (κ2) is 8.92. The molecule has 1 fully saturated rings. The zero-order valence-corrected chi connectivity index (χ0v) is 16.9. The van der Waals surface area contributed by atoms with Crippen LogP contribution < -0.4 is 10.6 Å². The lowest BCUT2D eigenvalue weighted by Crippen LogP contribution is -2.55. The third-order valence-electron chi connectivity index (χ3n) is 5.28. The molecule has 1 saturated heterocycles. The van der Waals surface area contributed by atoms with Gasteiger partial charge in [-0.25, -0.2) is 4.98 Å². The van der Waals surface area contributed by atoms with E-state index < -0.39 is 6.04 Å².